The minimum Gasteiger partial charge on any atom is -0.0530 e. The second kappa shape index (κ2) is 2.00. The largest absolute Gasteiger partial charge is 0.0530 e. The van der Waals surface area contributed by atoms with E-state index in [0.29, 0.717) is 5.41 Å². The highest BCUT2D eigenvalue weighted by Crippen LogP contribution is 2.49. The molecule has 0 aromatic heterocycles. The van der Waals surface area contributed by atoms with Crippen LogP contribution in [0.3, 0.4) is 0 Å². The van der Waals surface area contributed by atoms with Crippen molar-refractivity contribution in [1.29, 1.82) is 0 Å². The van der Waals surface area contributed by atoms with Gasteiger partial charge in [0.1, 0.15) is 0 Å². The molecule has 2 rings (SSSR count). The fourth-order valence-electron chi connectivity index (χ4n) is 2.02. The molecule has 1 unspecified atom stereocenters. The molecule has 1 atom stereocenters. The maximum Gasteiger partial charge on any atom is -0.0235 e. The zero-order valence-corrected chi connectivity index (χ0v) is 5.90. The Labute approximate surface area is 57.6 Å². The third-order valence-corrected chi connectivity index (χ3v) is 2.81. The van der Waals surface area contributed by atoms with E-state index in [-0.39, 0.29) is 0 Å². The van der Waals surface area contributed by atoms with Crippen molar-refractivity contribution in [2.24, 2.45) is 5.41 Å². The molecule has 0 heteroatoms. The standard InChI is InChI=1S/C9H14/c1-2-5-9(6-3-1)7-4-8-9/h5,7H,1-4,6,8H2. The molecule has 2 fully saturated rings. The quantitative estimate of drug-likeness (QED) is 0.463. The summed E-state index contributed by atoms with van der Waals surface area (Å²) >= 11 is 0. The van der Waals surface area contributed by atoms with Crippen LogP contribution in [0.2, 0.25) is 0 Å². The molecule has 0 aromatic rings. The smallest absolute Gasteiger partial charge is 0.0235 e. The first-order valence-corrected chi connectivity index (χ1v) is 4.10. The Bertz CT molecular complexity index is 92.6. The molecule has 0 amide bonds. The van der Waals surface area contributed by atoms with Crippen molar-refractivity contribution < 1.29 is 0 Å². The van der Waals surface area contributed by atoms with Gasteiger partial charge >= 0.3 is 0 Å². The topological polar surface area (TPSA) is 0 Å². The molecule has 9 heavy (non-hydrogen) atoms. The molecule has 2 aliphatic rings. The van der Waals surface area contributed by atoms with Crippen molar-refractivity contribution in [2.75, 3.05) is 0 Å². The Morgan fingerprint density at radius 1 is 0.889 bits per heavy atom. The van der Waals surface area contributed by atoms with Crippen molar-refractivity contribution in [3.8, 4) is 0 Å². The lowest BCUT2D eigenvalue weighted by Gasteiger charge is -2.44. The first-order chi connectivity index (χ1) is 4.41. The lowest BCUT2D eigenvalue weighted by atomic mass is 9.61. The summed E-state index contributed by atoms with van der Waals surface area (Å²) in [5.74, 6) is 0. The predicted molar refractivity (Wildman–Crippen MR) is 38.7 cm³/mol. The Hall–Kier alpha value is 0. The summed E-state index contributed by atoms with van der Waals surface area (Å²) in [6.07, 6.45) is 13.6. The van der Waals surface area contributed by atoms with Crippen LogP contribution in [0, 0.1) is 18.3 Å². The second-order valence-corrected chi connectivity index (χ2v) is 3.43. The van der Waals surface area contributed by atoms with Crippen LogP contribution in [-0.2, 0) is 0 Å². The van der Waals surface area contributed by atoms with Gasteiger partial charge in [0.05, 0.1) is 0 Å². The van der Waals surface area contributed by atoms with Gasteiger partial charge in [0, 0.05) is 0 Å². The summed E-state index contributed by atoms with van der Waals surface area (Å²) in [6, 6.07) is 0. The molecule has 0 saturated heterocycles. The van der Waals surface area contributed by atoms with Crippen LogP contribution in [0.1, 0.15) is 38.5 Å². The first-order valence-electron chi connectivity index (χ1n) is 4.10. The molecule has 0 aliphatic heterocycles. The van der Waals surface area contributed by atoms with Crippen molar-refractivity contribution in [3.05, 3.63) is 12.8 Å². The summed E-state index contributed by atoms with van der Waals surface area (Å²) in [4.78, 5) is 0. The third-order valence-electron chi connectivity index (χ3n) is 2.81. The summed E-state index contributed by atoms with van der Waals surface area (Å²) in [7, 11) is 0. The summed E-state index contributed by atoms with van der Waals surface area (Å²) < 4.78 is 0. The zero-order chi connectivity index (χ0) is 6.16. The Morgan fingerprint density at radius 3 is 2.00 bits per heavy atom. The summed E-state index contributed by atoms with van der Waals surface area (Å²) in [5, 5.41) is 0. The van der Waals surface area contributed by atoms with Crippen LogP contribution < -0.4 is 0 Å². The van der Waals surface area contributed by atoms with Crippen molar-refractivity contribution in [1.82, 2.24) is 0 Å². The van der Waals surface area contributed by atoms with E-state index < -0.39 is 0 Å². The molecule has 2 aliphatic carbocycles. The van der Waals surface area contributed by atoms with E-state index in [1.165, 1.54) is 38.5 Å². The number of hydrogen-bond donors (Lipinski definition) is 0. The van der Waals surface area contributed by atoms with Crippen LogP contribution in [0.4, 0.5) is 0 Å². The lowest BCUT2D eigenvalue weighted by Crippen LogP contribution is -2.32. The normalized spacial score (nSPS) is 32.0. The average molecular weight is 122 g/mol. The fourth-order valence-corrected chi connectivity index (χ4v) is 2.02. The Balaban J connectivity index is 1.93. The Kier molecular flexibility index (Phi) is 1.28. The monoisotopic (exact) mass is 122 g/mol. The highest BCUT2D eigenvalue weighted by atomic mass is 14.4. The SMILES string of the molecule is [CH]1CCCCC12[CH]CC2. The predicted octanol–water partition coefficient (Wildman–Crippen LogP) is 2.75. The van der Waals surface area contributed by atoms with Gasteiger partial charge in [-0.1, -0.05) is 12.8 Å². The summed E-state index contributed by atoms with van der Waals surface area (Å²) in [6.45, 7) is 0. The van der Waals surface area contributed by atoms with E-state index in [1.807, 2.05) is 0 Å². The van der Waals surface area contributed by atoms with Crippen LogP contribution in [0.25, 0.3) is 0 Å². The van der Waals surface area contributed by atoms with Gasteiger partial charge in [-0.05, 0) is 43.9 Å². The molecule has 0 heterocycles. The van der Waals surface area contributed by atoms with Crippen LogP contribution in [-0.4, -0.2) is 0 Å². The van der Waals surface area contributed by atoms with Gasteiger partial charge in [0.25, 0.3) is 0 Å². The first kappa shape index (κ1) is 5.76. The molecule has 0 bridgehead atoms. The molecule has 1 spiro atoms. The minimum absolute atomic E-state index is 0.651. The lowest BCUT2D eigenvalue weighted by molar-refractivity contribution is 0.218. The molecule has 50 valence electrons. The average Bonchev–Trinajstić information content (AvgIpc) is 1.87. The van der Waals surface area contributed by atoms with E-state index in [0.717, 1.165) is 0 Å². The van der Waals surface area contributed by atoms with Crippen LogP contribution >= 0.6 is 0 Å². The van der Waals surface area contributed by atoms with Gasteiger partial charge < -0.3 is 0 Å². The Morgan fingerprint density at radius 2 is 1.67 bits per heavy atom. The number of hydrogen-bond acceptors (Lipinski definition) is 0. The van der Waals surface area contributed by atoms with Gasteiger partial charge in [-0.3, -0.25) is 0 Å². The summed E-state index contributed by atoms with van der Waals surface area (Å²) in [5.41, 5.74) is 0.651. The maximum atomic E-state index is 2.54. The van der Waals surface area contributed by atoms with E-state index in [1.54, 1.807) is 0 Å². The van der Waals surface area contributed by atoms with E-state index in [2.05, 4.69) is 12.8 Å². The van der Waals surface area contributed by atoms with Gasteiger partial charge in [-0.15, -0.1) is 0 Å². The second-order valence-electron chi connectivity index (χ2n) is 3.43. The van der Waals surface area contributed by atoms with Gasteiger partial charge in [-0.2, -0.15) is 0 Å². The molecule has 2 saturated carbocycles. The third kappa shape index (κ3) is 0.889. The van der Waals surface area contributed by atoms with E-state index in [4.69, 9.17) is 0 Å². The van der Waals surface area contributed by atoms with Crippen LogP contribution in [0.5, 0.6) is 0 Å². The van der Waals surface area contributed by atoms with E-state index >= 15 is 0 Å². The van der Waals surface area contributed by atoms with Crippen molar-refractivity contribution >= 4 is 0 Å². The van der Waals surface area contributed by atoms with E-state index in [9.17, 15) is 0 Å². The molecular weight excluding hydrogens is 108 g/mol. The van der Waals surface area contributed by atoms with Crippen LogP contribution in [0.15, 0.2) is 0 Å². The molecule has 0 aromatic carbocycles. The van der Waals surface area contributed by atoms with Crippen molar-refractivity contribution in [2.45, 2.75) is 38.5 Å². The molecule has 0 N–H and O–H groups in total. The van der Waals surface area contributed by atoms with Gasteiger partial charge in [0.2, 0.25) is 0 Å². The van der Waals surface area contributed by atoms with Gasteiger partial charge in [0.15, 0.2) is 0 Å². The molecule has 0 nitrogen and oxygen atoms in total. The fraction of sp³-hybridized carbons (Fsp3) is 0.778. The maximum absolute atomic E-state index is 2.54. The molecule has 2 radical (unpaired) electrons. The highest BCUT2D eigenvalue weighted by Gasteiger charge is 2.37. The zero-order valence-electron chi connectivity index (χ0n) is 5.90. The highest BCUT2D eigenvalue weighted by molar-refractivity contribution is 5.11. The van der Waals surface area contributed by atoms with Crippen molar-refractivity contribution in [3.63, 3.8) is 0 Å². The molecular formula is C9H14. The minimum atomic E-state index is 0.651. The number of rotatable bonds is 0. The van der Waals surface area contributed by atoms with Gasteiger partial charge in [-0.25, -0.2) is 0 Å².